The Hall–Kier alpha value is -2.12. The number of primary amides is 1. The number of nitrogens with two attached hydrogens (primary N) is 1. The highest BCUT2D eigenvalue weighted by Gasteiger charge is 2.33. The number of anilines is 1. The summed E-state index contributed by atoms with van der Waals surface area (Å²) < 4.78 is 1.48. The molecule has 0 aromatic carbocycles. The summed E-state index contributed by atoms with van der Waals surface area (Å²) in [7, 11) is 0. The number of aryl methyl sites for hydroxylation is 1. The van der Waals surface area contributed by atoms with Crippen LogP contribution in [0.3, 0.4) is 0 Å². The lowest BCUT2D eigenvalue weighted by atomic mass is 10.1. The van der Waals surface area contributed by atoms with Crippen molar-refractivity contribution in [3.63, 3.8) is 0 Å². The van der Waals surface area contributed by atoms with E-state index in [4.69, 9.17) is 5.73 Å². The molecule has 1 amide bonds. The maximum Gasteiger partial charge on any atom is 0.333 e. The number of aromatic nitrogens is 2. The fraction of sp³-hybridized carbons (Fsp3) is 0.636. The van der Waals surface area contributed by atoms with Crippen LogP contribution in [0.5, 0.6) is 0 Å². The van der Waals surface area contributed by atoms with Gasteiger partial charge in [-0.15, -0.1) is 0 Å². The SMILES string of the molecule is Cc1nn(C(C)C)c(NC(C)(C)C(N)=O)c1[N+](=O)[O-]. The number of hydrogen-bond donors (Lipinski definition) is 2. The third kappa shape index (κ3) is 2.83. The molecule has 0 unspecified atom stereocenters. The fourth-order valence-electron chi connectivity index (χ4n) is 1.61. The van der Waals surface area contributed by atoms with Crippen LogP contribution in [-0.4, -0.2) is 26.1 Å². The Bertz CT molecular complexity index is 519. The van der Waals surface area contributed by atoms with Gasteiger partial charge in [0.1, 0.15) is 11.2 Å². The summed E-state index contributed by atoms with van der Waals surface area (Å²) in [4.78, 5) is 22.0. The van der Waals surface area contributed by atoms with Crippen molar-refractivity contribution < 1.29 is 9.72 Å². The number of nitro groups is 1. The van der Waals surface area contributed by atoms with Gasteiger partial charge in [-0.2, -0.15) is 5.10 Å². The Morgan fingerprint density at radius 3 is 2.42 bits per heavy atom. The summed E-state index contributed by atoms with van der Waals surface area (Å²) in [6.45, 7) is 8.37. The molecule has 0 aliphatic carbocycles. The molecule has 0 atom stereocenters. The molecule has 19 heavy (non-hydrogen) atoms. The van der Waals surface area contributed by atoms with Gasteiger partial charge in [0.15, 0.2) is 0 Å². The average Bonchev–Trinajstić information content (AvgIpc) is 2.54. The van der Waals surface area contributed by atoms with Crippen molar-refractivity contribution in [2.45, 2.75) is 46.2 Å². The summed E-state index contributed by atoms with van der Waals surface area (Å²) >= 11 is 0. The molecule has 0 radical (unpaired) electrons. The van der Waals surface area contributed by atoms with Crippen molar-refractivity contribution in [1.29, 1.82) is 0 Å². The topological polar surface area (TPSA) is 116 Å². The lowest BCUT2D eigenvalue weighted by molar-refractivity contribution is -0.384. The molecule has 1 aromatic heterocycles. The van der Waals surface area contributed by atoms with E-state index in [1.54, 1.807) is 20.8 Å². The zero-order chi connectivity index (χ0) is 15.0. The molecular weight excluding hydrogens is 250 g/mol. The van der Waals surface area contributed by atoms with Gasteiger partial charge in [0, 0.05) is 6.04 Å². The number of nitrogens with one attached hydrogen (secondary N) is 1. The first-order valence-electron chi connectivity index (χ1n) is 5.89. The van der Waals surface area contributed by atoms with Gasteiger partial charge in [0.2, 0.25) is 11.7 Å². The first-order valence-corrected chi connectivity index (χ1v) is 5.89. The minimum Gasteiger partial charge on any atom is -0.368 e. The minimum atomic E-state index is -1.11. The maximum absolute atomic E-state index is 11.4. The molecule has 0 aliphatic rings. The number of amides is 1. The summed E-state index contributed by atoms with van der Waals surface area (Å²) in [6, 6.07) is -0.0847. The van der Waals surface area contributed by atoms with Gasteiger partial charge in [-0.3, -0.25) is 14.9 Å². The van der Waals surface area contributed by atoms with Crippen LogP contribution in [0.25, 0.3) is 0 Å². The van der Waals surface area contributed by atoms with E-state index in [9.17, 15) is 14.9 Å². The molecule has 1 heterocycles. The van der Waals surface area contributed by atoms with E-state index in [2.05, 4.69) is 10.4 Å². The molecule has 0 spiro atoms. The summed E-state index contributed by atoms with van der Waals surface area (Å²) in [6.07, 6.45) is 0. The number of carbonyl (C=O) groups is 1. The molecule has 1 rings (SSSR count). The van der Waals surface area contributed by atoms with Crippen LogP contribution >= 0.6 is 0 Å². The fourth-order valence-corrected chi connectivity index (χ4v) is 1.61. The molecule has 8 nitrogen and oxygen atoms in total. The summed E-state index contributed by atoms with van der Waals surface area (Å²) in [5, 5.41) is 18.1. The lowest BCUT2D eigenvalue weighted by Crippen LogP contribution is -2.45. The molecule has 0 bridgehead atoms. The zero-order valence-corrected chi connectivity index (χ0v) is 11.7. The number of carbonyl (C=O) groups excluding carboxylic acids is 1. The predicted molar refractivity (Wildman–Crippen MR) is 70.9 cm³/mol. The molecule has 1 aromatic rings. The van der Waals surface area contributed by atoms with Gasteiger partial charge in [0.05, 0.1) is 4.92 Å². The molecule has 0 fully saturated rings. The largest absolute Gasteiger partial charge is 0.368 e. The molecule has 0 aliphatic heterocycles. The molecule has 106 valence electrons. The van der Waals surface area contributed by atoms with E-state index < -0.39 is 16.4 Å². The van der Waals surface area contributed by atoms with Gasteiger partial charge in [0.25, 0.3) is 0 Å². The van der Waals surface area contributed by atoms with Crippen molar-refractivity contribution in [3.05, 3.63) is 15.8 Å². The van der Waals surface area contributed by atoms with Crippen LogP contribution in [0.4, 0.5) is 11.5 Å². The highest BCUT2D eigenvalue weighted by atomic mass is 16.6. The first-order chi connectivity index (χ1) is 8.58. The first kappa shape index (κ1) is 14.9. The molecular formula is C11H19N5O3. The Labute approximate surface area is 111 Å². The van der Waals surface area contributed by atoms with Gasteiger partial charge < -0.3 is 11.1 Å². The van der Waals surface area contributed by atoms with Crippen LogP contribution in [-0.2, 0) is 4.79 Å². The van der Waals surface area contributed by atoms with Gasteiger partial charge in [-0.25, -0.2) is 4.68 Å². The Balaban J connectivity index is 3.39. The van der Waals surface area contributed by atoms with E-state index in [0.29, 0.717) is 5.69 Å². The smallest absolute Gasteiger partial charge is 0.333 e. The highest BCUT2D eigenvalue weighted by Crippen LogP contribution is 2.32. The van der Waals surface area contributed by atoms with E-state index in [1.165, 1.54) is 4.68 Å². The second-order valence-electron chi connectivity index (χ2n) is 5.19. The van der Waals surface area contributed by atoms with Gasteiger partial charge in [-0.05, 0) is 34.6 Å². The number of hydrogen-bond acceptors (Lipinski definition) is 5. The zero-order valence-electron chi connectivity index (χ0n) is 11.7. The van der Waals surface area contributed by atoms with E-state index in [0.717, 1.165) is 0 Å². The van der Waals surface area contributed by atoms with Crippen molar-refractivity contribution in [3.8, 4) is 0 Å². The van der Waals surface area contributed by atoms with Crippen molar-refractivity contribution in [2.24, 2.45) is 5.73 Å². The summed E-state index contributed by atoms with van der Waals surface area (Å²) in [5.41, 5.74) is 4.33. The van der Waals surface area contributed by atoms with E-state index in [-0.39, 0.29) is 17.5 Å². The van der Waals surface area contributed by atoms with E-state index >= 15 is 0 Å². The standard InChI is InChI=1S/C11H19N5O3/c1-6(2)15-9(13-11(4,5)10(12)17)8(16(18)19)7(3)14-15/h6,13H,1-5H3,(H2,12,17). The Morgan fingerprint density at radius 1 is 1.53 bits per heavy atom. The van der Waals surface area contributed by atoms with Crippen LogP contribution in [0.2, 0.25) is 0 Å². The number of nitrogens with zero attached hydrogens (tertiary/aromatic N) is 3. The second kappa shape index (κ2) is 4.87. The molecule has 8 heteroatoms. The molecule has 0 saturated heterocycles. The Kier molecular flexibility index (Phi) is 3.83. The van der Waals surface area contributed by atoms with Gasteiger partial charge >= 0.3 is 5.69 Å². The van der Waals surface area contributed by atoms with Crippen molar-refractivity contribution >= 4 is 17.4 Å². The average molecular weight is 269 g/mol. The number of rotatable bonds is 5. The highest BCUT2D eigenvalue weighted by molar-refractivity contribution is 5.87. The normalized spacial score (nSPS) is 11.7. The lowest BCUT2D eigenvalue weighted by Gasteiger charge is -2.24. The molecule has 0 saturated carbocycles. The van der Waals surface area contributed by atoms with E-state index in [1.807, 2.05) is 13.8 Å². The van der Waals surface area contributed by atoms with Crippen LogP contribution in [0.1, 0.15) is 39.4 Å². The van der Waals surface area contributed by atoms with Crippen molar-refractivity contribution in [1.82, 2.24) is 9.78 Å². The second-order valence-corrected chi connectivity index (χ2v) is 5.19. The summed E-state index contributed by atoms with van der Waals surface area (Å²) in [5.74, 6) is -0.405. The minimum absolute atomic E-state index is 0.0847. The van der Waals surface area contributed by atoms with Crippen LogP contribution in [0, 0.1) is 17.0 Å². The predicted octanol–water partition coefficient (Wildman–Crippen LogP) is 1.36. The molecule has 3 N–H and O–H groups in total. The quantitative estimate of drug-likeness (QED) is 0.618. The van der Waals surface area contributed by atoms with Crippen LogP contribution in [0.15, 0.2) is 0 Å². The third-order valence-corrected chi connectivity index (χ3v) is 2.77. The maximum atomic E-state index is 11.4. The monoisotopic (exact) mass is 269 g/mol. The van der Waals surface area contributed by atoms with Crippen molar-refractivity contribution in [2.75, 3.05) is 5.32 Å². The Morgan fingerprint density at radius 2 is 2.05 bits per heavy atom. The van der Waals surface area contributed by atoms with Gasteiger partial charge in [-0.1, -0.05) is 0 Å². The third-order valence-electron chi connectivity index (χ3n) is 2.77. The van der Waals surface area contributed by atoms with Crippen LogP contribution < -0.4 is 11.1 Å².